The van der Waals surface area contributed by atoms with Gasteiger partial charge in [0.2, 0.25) is 0 Å². The highest BCUT2D eigenvalue weighted by Crippen LogP contribution is 2.25. The second-order valence-corrected chi connectivity index (χ2v) is 11.4. The van der Waals surface area contributed by atoms with Crippen LogP contribution < -0.4 is 0 Å². The van der Waals surface area contributed by atoms with Crippen LogP contribution in [-0.4, -0.2) is 10.2 Å². The Kier molecular flexibility index (Phi) is 15.1. The number of aryl methyl sites for hydroxylation is 1. The summed E-state index contributed by atoms with van der Waals surface area (Å²) < 4.78 is 0. The normalized spacial score (nSPS) is 11.0. The molecule has 0 saturated carbocycles. The third-order valence-electron chi connectivity index (χ3n) is 7.98. The van der Waals surface area contributed by atoms with E-state index in [0.29, 0.717) is 0 Å². The van der Waals surface area contributed by atoms with E-state index >= 15 is 0 Å². The van der Waals surface area contributed by atoms with Crippen molar-refractivity contribution < 1.29 is 10.2 Å². The molecule has 0 aliphatic rings. The molecule has 0 spiro atoms. The Morgan fingerprint density at radius 2 is 0.800 bits per heavy atom. The van der Waals surface area contributed by atoms with E-state index in [1.54, 1.807) is 6.07 Å². The number of aromatic hydroxyl groups is 2. The Bertz CT molecular complexity index is 1120. The third kappa shape index (κ3) is 12.0. The predicted octanol–water partition coefficient (Wildman–Crippen LogP) is 11.9. The highest BCUT2D eigenvalue weighted by atomic mass is 16.3. The topological polar surface area (TPSA) is 40.5 Å². The Balaban J connectivity index is 0.000000260. The molecule has 0 unspecified atom stereocenters. The first-order valence-electron chi connectivity index (χ1n) is 16.1. The van der Waals surface area contributed by atoms with E-state index in [9.17, 15) is 10.2 Å². The average molecular weight is 541 g/mol. The van der Waals surface area contributed by atoms with Gasteiger partial charge in [-0.15, -0.1) is 0 Å². The third-order valence-corrected chi connectivity index (χ3v) is 7.98. The molecule has 0 atom stereocenters. The number of hydrogen-bond donors (Lipinski definition) is 2. The molecule has 4 rings (SSSR count). The largest absolute Gasteiger partial charge is 0.508 e. The van der Waals surface area contributed by atoms with Crippen LogP contribution in [0.4, 0.5) is 0 Å². The molecule has 0 aromatic heterocycles. The van der Waals surface area contributed by atoms with Gasteiger partial charge in [-0.3, -0.25) is 0 Å². The Labute approximate surface area is 243 Å². The molecule has 4 aromatic rings. The Morgan fingerprint density at radius 1 is 0.425 bits per heavy atom. The van der Waals surface area contributed by atoms with Gasteiger partial charge in [-0.25, -0.2) is 0 Å². The van der Waals surface area contributed by atoms with Gasteiger partial charge < -0.3 is 10.2 Å². The first-order chi connectivity index (χ1) is 19.7. The monoisotopic (exact) mass is 540 g/mol. The standard InChI is InChI=1S/C24H42O2.C14H10/c1-2-3-4-5-6-7-8-9-10-11-12-13-14-15-16-17-18-22-19-20-23(25)21-24(22)26;1-2-6-12-10-14-8-4-3-7-13(14)9-11(12)5-1/h19-21,25-26H,2-18H2,1H3;1-10H. The molecule has 2 nitrogen and oxygen atoms in total. The molecule has 0 saturated heterocycles. The van der Waals surface area contributed by atoms with Gasteiger partial charge in [0.15, 0.2) is 0 Å². The molecule has 2 N–H and O–H groups in total. The molecule has 0 amide bonds. The molecule has 2 heteroatoms. The van der Waals surface area contributed by atoms with Crippen molar-refractivity contribution in [1.29, 1.82) is 0 Å². The van der Waals surface area contributed by atoms with Crippen LogP contribution in [0.1, 0.15) is 115 Å². The molecule has 216 valence electrons. The molecule has 0 fully saturated rings. The van der Waals surface area contributed by atoms with Crippen LogP contribution in [-0.2, 0) is 6.42 Å². The first-order valence-corrected chi connectivity index (χ1v) is 16.1. The lowest BCUT2D eigenvalue weighted by atomic mass is 10.0. The summed E-state index contributed by atoms with van der Waals surface area (Å²) in [7, 11) is 0. The fraction of sp³-hybridized carbons (Fsp3) is 0.474. The lowest BCUT2D eigenvalue weighted by Crippen LogP contribution is -1.87. The molecule has 0 aliphatic heterocycles. The second-order valence-electron chi connectivity index (χ2n) is 11.4. The van der Waals surface area contributed by atoms with Crippen LogP contribution in [0.15, 0.2) is 78.9 Å². The summed E-state index contributed by atoms with van der Waals surface area (Å²) in [6.07, 6.45) is 22.9. The van der Waals surface area contributed by atoms with Gasteiger partial charge in [0.1, 0.15) is 11.5 Å². The van der Waals surface area contributed by atoms with E-state index in [1.807, 2.05) is 6.07 Å². The number of hydrogen-bond acceptors (Lipinski definition) is 2. The quantitative estimate of drug-likeness (QED) is 0.103. The maximum Gasteiger partial charge on any atom is 0.122 e. The van der Waals surface area contributed by atoms with Crippen molar-refractivity contribution in [3.63, 3.8) is 0 Å². The second kappa shape index (κ2) is 19.1. The van der Waals surface area contributed by atoms with Gasteiger partial charge in [0.25, 0.3) is 0 Å². The zero-order chi connectivity index (χ0) is 28.3. The molecule has 40 heavy (non-hydrogen) atoms. The van der Waals surface area contributed by atoms with Gasteiger partial charge in [-0.05, 0) is 58.1 Å². The van der Waals surface area contributed by atoms with E-state index in [2.05, 4.69) is 67.6 Å². The number of unbranched alkanes of at least 4 members (excludes halogenated alkanes) is 15. The van der Waals surface area contributed by atoms with Crippen LogP contribution >= 0.6 is 0 Å². The molecule has 0 bridgehead atoms. The van der Waals surface area contributed by atoms with Crippen LogP contribution in [0.3, 0.4) is 0 Å². The minimum Gasteiger partial charge on any atom is -0.508 e. The van der Waals surface area contributed by atoms with E-state index in [4.69, 9.17) is 0 Å². The number of rotatable bonds is 17. The summed E-state index contributed by atoms with van der Waals surface area (Å²) >= 11 is 0. The molecule has 0 heterocycles. The smallest absolute Gasteiger partial charge is 0.122 e. The lowest BCUT2D eigenvalue weighted by Gasteiger charge is -2.05. The first kappa shape index (κ1) is 31.5. The summed E-state index contributed by atoms with van der Waals surface area (Å²) in [5, 5.41) is 24.3. The van der Waals surface area contributed by atoms with Crippen LogP contribution in [0.5, 0.6) is 11.5 Å². The van der Waals surface area contributed by atoms with Crippen molar-refractivity contribution in [1.82, 2.24) is 0 Å². The van der Waals surface area contributed by atoms with Crippen LogP contribution in [0.25, 0.3) is 21.5 Å². The van der Waals surface area contributed by atoms with Crippen molar-refractivity contribution in [2.75, 3.05) is 0 Å². The maximum absolute atomic E-state index is 9.76. The summed E-state index contributed by atoms with van der Waals surface area (Å²) in [5.41, 5.74) is 0.952. The van der Waals surface area contributed by atoms with Gasteiger partial charge in [0.05, 0.1) is 0 Å². The van der Waals surface area contributed by atoms with Crippen molar-refractivity contribution in [2.24, 2.45) is 0 Å². The maximum atomic E-state index is 9.76. The summed E-state index contributed by atoms with van der Waals surface area (Å²) in [6, 6.07) is 26.3. The average Bonchev–Trinajstić information content (AvgIpc) is 2.97. The molecule has 0 radical (unpaired) electrons. The lowest BCUT2D eigenvalue weighted by molar-refractivity contribution is 0.444. The molecule has 0 aliphatic carbocycles. The van der Waals surface area contributed by atoms with E-state index in [-0.39, 0.29) is 11.5 Å². The summed E-state index contributed by atoms with van der Waals surface area (Å²) in [4.78, 5) is 0. The van der Waals surface area contributed by atoms with Crippen LogP contribution in [0.2, 0.25) is 0 Å². The highest BCUT2D eigenvalue weighted by molar-refractivity contribution is 5.98. The predicted molar refractivity (Wildman–Crippen MR) is 174 cm³/mol. The molecular weight excluding hydrogens is 488 g/mol. The number of phenolic OH excluding ortho intramolecular Hbond substituents is 2. The van der Waals surface area contributed by atoms with Crippen molar-refractivity contribution in [2.45, 2.75) is 116 Å². The number of fused-ring (bicyclic) bond motifs is 2. The van der Waals surface area contributed by atoms with Gasteiger partial charge in [0, 0.05) is 6.07 Å². The van der Waals surface area contributed by atoms with Crippen molar-refractivity contribution in [3.8, 4) is 11.5 Å². The van der Waals surface area contributed by atoms with Gasteiger partial charge >= 0.3 is 0 Å². The van der Waals surface area contributed by atoms with E-state index in [0.717, 1.165) is 18.4 Å². The van der Waals surface area contributed by atoms with Crippen LogP contribution in [0, 0.1) is 0 Å². The summed E-state index contributed by atoms with van der Waals surface area (Å²) in [6.45, 7) is 2.28. The van der Waals surface area contributed by atoms with E-state index in [1.165, 1.54) is 124 Å². The Hall–Kier alpha value is -3.00. The molecular formula is C38H52O2. The zero-order valence-corrected chi connectivity index (χ0v) is 24.9. The fourth-order valence-corrected chi connectivity index (χ4v) is 5.51. The minimum absolute atomic E-state index is 0.137. The Morgan fingerprint density at radius 3 is 1.18 bits per heavy atom. The molecule has 4 aromatic carbocycles. The zero-order valence-electron chi connectivity index (χ0n) is 24.9. The van der Waals surface area contributed by atoms with Crippen molar-refractivity contribution >= 4 is 21.5 Å². The fourth-order valence-electron chi connectivity index (χ4n) is 5.51. The number of phenols is 2. The SMILES string of the molecule is CCCCCCCCCCCCCCCCCCc1ccc(O)cc1O.c1ccc2cc3ccccc3cc2c1. The summed E-state index contributed by atoms with van der Waals surface area (Å²) in [5.74, 6) is 0.365. The van der Waals surface area contributed by atoms with Gasteiger partial charge in [-0.1, -0.05) is 158 Å². The minimum atomic E-state index is 0.137. The number of benzene rings is 4. The highest BCUT2D eigenvalue weighted by Gasteiger charge is 2.02. The van der Waals surface area contributed by atoms with E-state index < -0.39 is 0 Å². The van der Waals surface area contributed by atoms with Gasteiger partial charge in [-0.2, -0.15) is 0 Å². The van der Waals surface area contributed by atoms with Crippen molar-refractivity contribution in [3.05, 3.63) is 84.4 Å².